The van der Waals surface area contributed by atoms with Gasteiger partial charge >= 0.3 is 0 Å². The standard InChI is InChI=1S/C12H28NO/c1-4-7-8-10-13(5-2,6-3)11-9-12-14/h14H,4-12H2,1-3H3/q+1. The molecule has 0 saturated heterocycles. The molecule has 86 valence electrons. The second-order valence-electron chi connectivity index (χ2n) is 4.21. The molecule has 0 aromatic rings. The van der Waals surface area contributed by atoms with Crippen LogP contribution >= 0.6 is 0 Å². The molecule has 0 unspecified atom stereocenters. The number of aliphatic hydroxyl groups is 1. The zero-order valence-electron chi connectivity index (χ0n) is 10.3. The van der Waals surface area contributed by atoms with Gasteiger partial charge in [0.05, 0.1) is 26.2 Å². The van der Waals surface area contributed by atoms with Gasteiger partial charge in [-0.2, -0.15) is 0 Å². The molecule has 0 aliphatic carbocycles. The van der Waals surface area contributed by atoms with Crippen LogP contribution in [0.25, 0.3) is 0 Å². The van der Waals surface area contributed by atoms with Gasteiger partial charge in [-0.05, 0) is 26.7 Å². The maximum absolute atomic E-state index is 8.88. The van der Waals surface area contributed by atoms with Crippen LogP contribution in [0.15, 0.2) is 0 Å². The van der Waals surface area contributed by atoms with E-state index in [1.165, 1.54) is 43.4 Å². The van der Waals surface area contributed by atoms with Gasteiger partial charge in [-0.25, -0.2) is 0 Å². The lowest BCUT2D eigenvalue weighted by molar-refractivity contribution is -0.925. The van der Waals surface area contributed by atoms with E-state index in [0.717, 1.165) is 13.0 Å². The number of hydrogen-bond donors (Lipinski definition) is 1. The van der Waals surface area contributed by atoms with Gasteiger partial charge < -0.3 is 9.59 Å². The third-order valence-corrected chi connectivity index (χ3v) is 3.37. The van der Waals surface area contributed by atoms with Crippen LogP contribution in [-0.4, -0.2) is 42.4 Å². The lowest BCUT2D eigenvalue weighted by Gasteiger charge is -2.37. The molecule has 0 amide bonds. The predicted molar refractivity (Wildman–Crippen MR) is 62.3 cm³/mol. The van der Waals surface area contributed by atoms with E-state index >= 15 is 0 Å². The Labute approximate surface area is 89.5 Å². The molecule has 0 atom stereocenters. The van der Waals surface area contributed by atoms with Crippen molar-refractivity contribution < 1.29 is 9.59 Å². The van der Waals surface area contributed by atoms with Crippen molar-refractivity contribution in [3.63, 3.8) is 0 Å². The normalized spacial score (nSPS) is 12.0. The van der Waals surface area contributed by atoms with Crippen LogP contribution in [0.2, 0.25) is 0 Å². The van der Waals surface area contributed by atoms with Crippen molar-refractivity contribution in [3.05, 3.63) is 0 Å². The molecule has 0 bridgehead atoms. The van der Waals surface area contributed by atoms with Crippen LogP contribution in [0.3, 0.4) is 0 Å². The molecular weight excluding hydrogens is 174 g/mol. The van der Waals surface area contributed by atoms with Gasteiger partial charge in [-0.15, -0.1) is 0 Å². The Bertz CT molecular complexity index is 121. The third-order valence-electron chi connectivity index (χ3n) is 3.37. The number of hydrogen-bond acceptors (Lipinski definition) is 1. The summed E-state index contributed by atoms with van der Waals surface area (Å²) in [5.74, 6) is 0. The predicted octanol–water partition coefficient (Wildman–Crippen LogP) is 2.42. The van der Waals surface area contributed by atoms with Crippen LogP contribution in [-0.2, 0) is 0 Å². The number of nitrogens with zero attached hydrogens (tertiary/aromatic N) is 1. The van der Waals surface area contributed by atoms with Gasteiger partial charge in [0.1, 0.15) is 0 Å². The number of rotatable bonds is 9. The van der Waals surface area contributed by atoms with Crippen molar-refractivity contribution in [1.82, 2.24) is 0 Å². The Morgan fingerprint density at radius 1 is 0.857 bits per heavy atom. The van der Waals surface area contributed by atoms with E-state index in [1.807, 2.05) is 0 Å². The van der Waals surface area contributed by atoms with Gasteiger partial charge in [0.25, 0.3) is 0 Å². The van der Waals surface area contributed by atoms with Crippen molar-refractivity contribution >= 4 is 0 Å². The summed E-state index contributed by atoms with van der Waals surface area (Å²) in [7, 11) is 0. The number of aliphatic hydroxyl groups excluding tert-OH is 1. The molecule has 0 aromatic carbocycles. The first kappa shape index (κ1) is 13.9. The molecule has 0 radical (unpaired) electrons. The van der Waals surface area contributed by atoms with Crippen molar-refractivity contribution in [2.75, 3.05) is 32.8 Å². The topological polar surface area (TPSA) is 20.2 Å². The van der Waals surface area contributed by atoms with Crippen molar-refractivity contribution in [3.8, 4) is 0 Å². The Balaban J connectivity index is 3.94. The molecule has 14 heavy (non-hydrogen) atoms. The smallest absolute Gasteiger partial charge is 0.0808 e. The van der Waals surface area contributed by atoms with E-state index in [1.54, 1.807) is 0 Å². The molecule has 0 aromatic heterocycles. The number of unbranched alkanes of at least 4 members (excludes halogenated alkanes) is 2. The molecule has 1 N–H and O–H groups in total. The van der Waals surface area contributed by atoms with Gasteiger partial charge in [0.2, 0.25) is 0 Å². The Hall–Kier alpha value is -0.0800. The Kier molecular flexibility index (Phi) is 8.20. The van der Waals surface area contributed by atoms with Crippen LogP contribution in [0.5, 0.6) is 0 Å². The highest BCUT2D eigenvalue weighted by atomic mass is 16.3. The minimum atomic E-state index is 0.341. The minimum absolute atomic E-state index is 0.341. The molecule has 0 aliphatic rings. The Morgan fingerprint density at radius 2 is 1.43 bits per heavy atom. The van der Waals surface area contributed by atoms with E-state index in [2.05, 4.69) is 20.8 Å². The summed E-state index contributed by atoms with van der Waals surface area (Å²) in [6.45, 7) is 12.0. The molecule has 0 saturated carbocycles. The van der Waals surface area contributed by atoms with Gasteiger partial charge in [-0.3, -0.25) is 0 Å². The second-order valence-corrected chi connectivity index (χ2v) is 4.21. The van der Waals surface area contributed by atoms with Crippen molar-refractivity contribution in [2.24, 2.45) is 0 Å². The van der Waals surface area contributed by atoms with E-state index < -0.39 is 0 Å². The summed E-state index contributed by atoms with van der Waals surface area (Å²) in [5.41, 5.74) is 0. The van der Waals surface area contributed by atoms with Gasteiger partial charge in [0.15, 0.2) is 0 Å². The average molecular weight is 202 g/mol. The summed E-state index contributed by atoms with van der Waals surface area (Å²) in [5, 5.41) is 8.88. The van der Waals surface area contributed by atoms with Crippen molar-refractivity contribution in [1.29, 1.82) is 0 Å². The van der Waals surface area contributed by atoms with Crippen LogP contribution in [0.4, 0.5) is 0 Å². The fourth-order valence-electron chi connectivity index (χ4n) is 2.07. The summed E-state index contributed by atoms with van der Waals surface area (Å²) in [6.07, 6.45) is 4.93. The second kappa shape index (κ2) is 8.25. The van der Waals surface area contributed by atoms with Crippen LogP contribution in [0.1, 0.15) is 46.5 Å². The summed E-state index contributed by atoms with van der Waals surface area (Å²) in [6, 6.07) is 0. The largest absolute Gasteiger partial charge is 0.396 e. The van der Waals surface area contributed by atoms with Crippen molar-refractivity contribution in [2.45, 2.75) is 46.5 Å². The third kappa shape index (κ3) is 4.97. The molecule has 0 heterocycles. The molecule has 0 spiro atoms. The van der Waals surface area contributed by atoms with E-state index in [0.29, 0.717) is 6.61 Å². The first-order valence-corrected chi connectivity index (χ1v) is 6.20. The first-order valence-electron chi connectivity index (χ1n) is 6.20. The van der Waals surface area contributed by atoms with Crippen LogP contribution < -0.4 is 0 Å². The van der Waals surface area contributed by atoms with E-state index in [-0.39, 0.29) is 0 Å². The minimum Gasteiger partial charge on any atom is -0.396 e. The van der Waals surface area contributed by atoms with Gasteiger partial charge in [-0.1, -0.05) is 13.3 Å². The zero-order chi connectivity index (χ0) is 10.9. The molecular formula is C12H28NO+. The monoisotopic (exact) mass is 202 g/mol. The highest BCUT2D eigenvalue weighted by Gasteiger charge is 2.21. The van der Waals surface area contributed by atoms with Gasteiger partial charge in [0, 0.05) is 13.0 Å². The molecule has 0 rings (SSSR count). The molecule has 2 nitrogen and oxygen atoms in total. The highest BCUT2D eigenvalue weighted by Crippen LogP contribution is 2.11. The lowest BCUT2D eigenvalue weighted by Crippen LogP contribution is -2.49. The maximum atomic E-state index is 8.88. The van der Waals surface area contributed by atoms with E-state index in [4.69, 9.17) is 5.11 Å². The molecule has 0 aliphatic heterocycles. The van der Waals surface area contributed by atoms with Crippen LogP contribution in [0, 0.1) is 0 Å². The highest BCUT2D eigenvalue weighted by molar-refractivity contribution is 4.44. The van der Waals surface area contributed by atoms with E-state index in [9.17, 15) is 0 Å². The maximum Gasteiger partial charge on any atom is 0.0808 e. The molecule has 0 fully saturated rings. The average Bonchev–Trinajstić information content (AvgIpc) is 2.24. The molecule has 2 heteroatoms. The summed E-state index contributed by atoms with van der Waals surface area (Å²) < 4.78 is 1.20. The fourth-order valence-corrected chi connectivity index (χ4v) is 2.07. The summed E-state index contributed by atoms with van der Waals surface area (Å²) in [4.78, 5) is 0. The SMILES string of the molecule is CCCCC[N+](CC)(CC)CCCO. The first-order chi connectivity index (χ1) is 6.74. The quantitative estimate of drug-likeness (QED) is 0.450. The number of quaternary nitrogens is 1. The summed E-state index contributed by atoms with van der Waals surface area (Å²) >= 11 is 0. The zero-order valence-corrected chi connectivity index (χ0v) is 10.3. The Morgan fingerprint density at radius 3 is 1.86 bits per heavy atom. The fraction of sp³-hybridized carbons (Fsp3) is 1.00. The lowest BCUT2D eigenvalue weighted by atomic mass is 10.2.